The van der Waals surface area contributed by atoms with Crippen LogP contribution >= 0.6 is 0 Å². The Balaban J connectivity index is 2.47. The number of carbonyl (C=O) groups is 1. The summed E-state index contributed by atoms with van der Waals surface area (Å²) in [6, 6.07) is 4.98. The van der Waals surface area contributed by atoms with E-state index in [4.69, 9.17) is 9.84 Å². The number of rotatable bonds is 1. The van der Waals surface area contributed by atoms with Crippen LogP contribution in [0.15, 0.2) is 18.2 Å². The van der Waals surface area contributed by atoms with Crippen LogP contribution < -0.4 is 4.74 Å². The highest BCUT2D eigenvalue weighted by molar-refractivity contribution is 5.88. The standard InChI is InChI=1S/C10H10O3/c1-6-5-13-9-3-2-7(10(11)12)4-8(6)9/h2-4,6H,5H2,1H3,(H,11,12)/t6-/m1/s1. The van der Waals surface area contributed by atoms with E-state index in [1.807, 2.05) is 6.92 Å². The molecule has 0 aromatic heterocycles. The Labute approximate surface area is 76.0 Å². The van der Waals surface area contributed by atoms with Crippen molar-refractivity contribution in [2.45, 2.75) is 12.8 Å². The maximum Gasteiger partial charge on any atom is 0.335 e. The summed E-state index contributed by atoms with van der Waals surface area (Å²) < 4.78 is 5.35. The molecule has 3 heteroatoms. The molecule has 0 saturated carbocycles. The summed E-state index contributed by atoms with van der Waals surface area (Å²) in [5.74, 6) is 0.230. The Morgan fingerprint density at radius 1 is 1.62 bits per heavy atom. The van der Waals surface area contributed by atoms with Gasteiger partial charge in [-0.05, 0) is 18.2 Å². The Morgan fingerprint density at radius 2 is 2.38 bits per heavy atom. The summed E-state index contributed by atoms with van der Waals surface area (Å²) >= 11 is 0. The minimum atomic E-state index is -0.887. The number of hydrogen-bond acceptors (Lipinski definition) is 2. The molecule has 13 heavy (non-hydrogen) atoms. The van der Waals surface area contributed by atoms with Gasteiger partial charge in [-0.3, -0.25) is 0 Å². The number of benzene rings is 1. The fraction of sp³-hybridized carbons (Fsp3) is 0.300. The molecule has 0 aliphatic carbocycles. The van der Waals surface area contributed by atoms with Crippen LogP contribution in [0.4, 0.5) is 0 Å². The number of carboxylic acid groups (broad SMARTS) is 1. The highest BCUT2D eigenvalue weighted by Gasteiger charge is 2.21. The normalized spacial score (nSPS) is 19.3. The van der Waals surface area contributed by atoms with Gasteiger partial charge in [0.05, 0.1) is 12.2 Å². The summed E-state index contributed by atoms with van der Waals surface area (Å²) in [5, 5.41) is 8.76. The fourth-order valence-electron chi connectivity index (χ4n) is 1.50. The summed E-state index contributed by atoms with van der Waals surface area (Å²) in [6.45, 7) is 2.68. The van der Waals surface area contributed by atoms with Gasteiger partial charge in [0.25, 0.3) is 0 Å². The van der Waals surface area contributed by atoms with Crippen molar-refractivity contribution in [3.63, 3.8) is 0 Å². The third kappa shape index (κ3) is 1.26. The first-order valence-electron chi connectivity index (χ1n) is 4.18. The zero-order valence-electron chi connectivity index (χ0n) is 7.28. The topological polar surface area (TPSA) is 46.5 Å². The zero-order chi connectivity index (χ0) is 9.42. The molecule has 0 saturated heterocycles. The fourth-order valence-corrected chi connectivity index (χ4v) is 1.50. The molecular formula is C10H10O3. The molecule has 0 amide bonds. The van der Waals surface area contributed by atoms with Gasteiger partial charge in [-0.1, -0.05) is 6.92 Å². The van der Waals surface area contributed by atoms with Crippen LogP contribution in [0.25, 0.3) is 0 Å². The van der Waals surface area contributed by atoms with Gasteiger partial charge in [0.2, 0.25) is 0 Å². The summed E-state index contributed by atoms with van der Waals surface area (Å²) in [4.78, 5) is 10.7. The Kier molecular flexibility index (Phi) is 1.72. The van der Waals surface area contributed by atoms with Crippen molar-refractivity contribution in [2.75, 3.05) is 6.61 Å². The highest BCUT2D eigenvalue weighted by atomic mass is 16.5. The molecule has 68 valence electrons. The van der Waals surface area contributed by atoms with Gasteiger partial charge >= 0.3 is 5.97 Å². The van der Waals surface area contributed by atoms with E-state index in [9.17, 15) is 4.79 Å². The molecule has 1 aliphatic heterocycles. The van der Waals surface area contributed by atoms with Gasteiger partial charge < -0.3 is 9.84 Å². The van der Waals surface area contributed by atoms with E-state index in [1.165, 1.54) is 0 Å². The lowest BCUT2D eigenvalue weighted by Gasteiger charge is -2.01. The Morgan fingerprint density at radius 3 is 3.08 bits per heavy atom. The Hall–Kier alpha value is -1.51. The maximum absolute atomic E-state index is 10.7. The van der Waals surface area contributed by atoms with Gasteiger partial charge in [-0.2, -0.15) is 0 Å². The highest BCUT2D eigenvalue weighted by Crippen LogP contribution is 2.33. The van der Waals surface area contributed by atoms with E-state index in [-0.39, 0.29) is 0 Å². The van der Waals surface area contributed by atoms with Crippen LogP contribution in [0.2, 0.25) is 0 Å². The zero-order valence-corrected chi connectivity index (χ0v) is 7.28. The molecular weight excluding hydrogens is 168 g/mol. The third-order valence-corrected chi connectivity index (χ3v) is 2.28. The van der Waals surface area contributed by atoms with Crippen LogP contribution in [-0.2, 0) is 0 Å². The predicted octanol–water partition coefficient (Wildman–Crippen LogP) is 1.88. The number of carboxylic acids is 1. The number of hydrogen-bond donors (Lipinski definition) is 1. The average molecular weight is 178 g/mol. The van der Waals surface area contributed by atoms with Crippen LogP contribution in [0.5, 0.6) is 5.75 Å². The molecule has 0 unspecified atom stereocenters. The Bertz CT molecular complexity index is 357. The van der Waals surface area contributed by atoms with Crippen molar-refractivity contribution in [2.24, 2.45) is 0 Å². The van der Waals surface area contributed by atoms with E-state index < -0.39 is 5.97 Å². The van der Waals surface area contributed by atoms with E-state index in [1.54, 1.807) is 18.2 Å². The molecule has 1 aliphatic rings. The summed E-state index contributed by atoms with van der Waals surface area (Å²) in [6.07, 6.45) is 0. The van der Waals surface area contributed by atoms with Crippen molar-refractivity contribution in [1.29, 1.82) is 0 Å². The molecule has 1 atom stereocenters. The SMILES string of the molecule is C[C@@H]1COc2ccc(C(=O)O)cc21. The monoisotopic (exact) mass is 178 g/mol. The van der Waals surface area contributed by atoms with Gasteiger partial charge in [0.1, 0.15) is 5.75 Å². The molecule has 1 heterocycles. The van der Waals surface area contributed by atoms with Gasteiger partial charge in [0.15, 0.2) is 0 Å². The van der Waals surface area contributed by atoms with Crippen LogP contribution in [-0.4, -0.2) is 17.7 Å². The van der Waals surface area contributed by atoms with Crippen molar-refractivity contribution in [3.05, 3.63) is 29.3 Å². The summed E-state index contributed by atoms with van der Waals surface area (Å²) in [7, 11) is 0. The van der Waals surface area contributed by atoms with E-state index in [0.29, 0.717) is 18.1 Å². The lowest BCUT2D eigenvalue weighted by atomic mass is 10.0. The number of fused-ring (bicyclic) bond motifs is 1. The molecule has 0 spiro atoms. The van der Waals surface area contributed by atoms with Crippen molar-refractivity contribution in [3.8, 4) is 5.75 Å². The molecule has 0 fully saturated rings. The van der Waals surface area contributed by atoms with Gasteiger partial charge in [-0.25, -0.2) is 4.79 Å². The van der Waals surface area contributed by atoms with Crippen molar-refractivity contribution >= 4 is 5.97 Å². The lowest BCUT2D eigenvalue weighted by molar-refractivity contribution is 0.0697. The van der Waals surface area contributed by atoms with Crippen molar-refractivity contribution < 1.29 is 14.6 Å². The van der Waals surface area contributed by atoms with E-state index in [2.05, 4.69) is 0 Å². The molecule has 2 rings (SSSR count). The molecule has 1 N–H and O–H groups in total. The first-order valence-corrected chi connectivity index (χ1v) is 4.18. The van der Waals surface area contributed by atoms with Crippen LogP contribution in [0.1, 0.15) is 28.8 Å². The second-order valence-electron chi connectivity index (χ2n) is 3.27. The molecule has 1 aromatic carbocycles. The van der Waals surface area contributed by atoms with E-state index >= 15 is 0 Å². The maximum atomic E-state index is 10.7. The van der Waals surface area contributed by atoms with Gasteiger partial charge in [0, 0.05) is 11.5 Å². The number of ether oxygens (including phenoxy) is 1. The largest absolute Gasteiger partial charge is 0.493 e. The smallest absolute Gasteiger partial charge is 0.335 e. The quantitative estimate of drug-likeness (QED) is 0.714. The van der Waals surface area contributed by atoms with E-state index in [0.717, 1.165) is 11.3 Å². The lowest BCUT2D eigenvalue weighted by Crippen LogP contribution is -1.97. The van der Waals surface area contributed by atoms with Crippen molar-refractivity contribution in [1.82, 2.24) is 0 Å². The van der Waals surface area contributed by atoms with Crippen LogP contribution in [0, 0.1) is 0 Å². The summed E-state index contributed by atoms with van der Waals surface area (Å²) in [5.41, 5.74) is 1.33. The van der Waals surface area contributed by atoms with Crippen LogP contribution in [0.3, 0.4) is 0 Å². The van der Waals surface area contributed by atoms with Gasteiger partial charge in [-0.15, -0.1) is 0 Å². The first-order chi connectivity index (χ1) is 6.18. The number of aromatic carboxylic acids is 1. The minimum Gasteiger partial charge on any atom is -0.493 e. The molecule has 3 nitrogen and oxygen atoms in total. The minimum absolute atomic E-state index is 0.300. The second kappa shape index (κ2) is 2.76. The molecule has 0 bridgehead atoms. The second-order valence-corrected chi connectivity index (χ2v) is 3.27. The molecule has 1 aromatic rings. The average Bonchev–Trinajstić information content (AvgIpc) is 2.47. The third-order valence-electron chi connectivity index (χ3n) is 2.28. The first kappa shape index (κ1) is 8.10. The molecule has 0 radical (unpaired) electrons. The predicted molar refractivity (Wildman–Crippen MR) is 47.3 cm³/mol.